The Bertz CT molecular complexity index is 253. The Labute approximate surface area is 102 Å². The van der Waals surface area contributed by atoms with E-state index in [0.717, 1.165) is 38.2 Å². The predicted molar refractivity (Wildman–Crippen MR) is 68.7 cm³/mol. The Hall–Kier alpha value is -0.220. The number of hydrogen-bond acceptors (Lipinski definition) is 3. The molecule has 0 aromatic carbocycles. The van der Waals surface area contributed by atoms with Gasteiger partial charge in [-0.1, -0.05) is 6.92 Å². The third-order valence-corrected chi connectivity index (χ3v) is 5.15. The SMILES string of the molecule is CC1SCCN(C(=O)C2CCCNC2)C1C. The lowest BCUT2D eigenvalue weighted by Gasteiger charge is -2.40. The minimum Gasteiger partial charge on any atom is -0.338 e. The number of rotatable bonds is 1. The van der Waals surface area contributed by atoms with Gasteiger partial charge in [0.15, 0.2) is 0 Å². The van der Waals surface area contributed by atoms with Crippen molar-refractivity contribution in [3.8, 4) is 0 Å². The van der Waals surface area contributed by atoms with E-state index in [1.165, 1.54) is 0 Å². The molecule has 4 heteroatoms. The van der Waals surface area contributed by atoms with Gasteiger partial charge in [-0.25, -0.2) is 0 Å². The molecular formula is C12H22N2OS. The van der Waals surface area contributed by atoms with Crippen molar-refractivity contribution >= 4 is 17.7 Å². The highest BCUT2D eigenvalue weighted by Gasteiger charge is 2.33. The molecule has 0 aromatic rings. The van der Waals surface area contributed by atoms with Crippen LogP contribution in [0.4, 0.5) is 0 Å². The molecule has 0 spiro atoms. The van der Waals surface area contributed by atoms with E-state index >= 15 is 0 Å². The zero-order chi connectivity index (χ0) is 11.5. The van der Waals surface area contributed by atoms with E-state index in [1.54, 1.807) is 0 Å². The minimum atomic E-state index is 0.228. The summed E-state index contributed by atoms with van der Waals surface area (Å²) in [6.45, 7) is 7.31. The fourth-order valence-corrected chi connectivity index (χ4v) is 3.64. The molecule has 2 heterocycles. The zero-order valence-corrected chi connectivity index (χ0v) is 11.1. The van der Waals surface area contributed by atoms with Crippen molar-refractivity contribution in [1.82, 2.24) is 10.2 Å². The third-order valence-electron chi connectivity index (χ3n) is 3.81. The number of hydrogen-bond donors (Lipinski definition) is 1. The van der Waals surface area contributed by atoms with E-state index in [-0.39, 0.29) is 5.92 Å². The van der Waals surface area contributed by atoms with Gasteiger partial charge in [-0.05, 0) is 26.3 Å². The van der Waals surface area contributed by atoms with Crippen molar-refractivity contribution in [2.75, 3.05) is 25.4 Å². The van der Waals surface area contributed by atoms with Gasteiger partial charge in [0.25, 0.3) is 0 Å². The molecule has 3 nitrogen and oxygen atoms in total. The van der Waals surface area contributed by atoms with Gasteiger partial charge in [0.1, 0.15) is 0 Å². The fourth-order valence-electron chi connectivity index (χ4n) is 2.54. The molecule has 2 saturated heterocycles. The van der Waals surface area contributed by atoms with Gasteiger partial charge in [0.05, 0.1) is 5.92 Å². The summed E-state index contributed by atoms with van der Waals surface area (Å²) in [5.41, 5.74) is 0. The van der Waals surface area contributed by atoms with Gasteiger partial charge in [-0.3, -0.25) is 4.79 Å². The summed E-state index contributed by atoms with van der Waals surface area (Å²) < 4.78 is 0. The molecule has 2 rings (SSSR count). The van der Waals surface area contributed by atoms with E-state index in [2.05, 4.69) is 24.1 Å². The van der Waals surface area contributed by atoms with Crippen molar-refractivity contribution in [1.29, 1.82) is 0 Å². The predicted octanol–water partition coefficient (Wildman–Crippen LogP) is 1.34. The number of nitrogens with one attached hydrogen (secondary N) is 1. The summed E-state index contributed by atoms with van der Waals surface area (Å²) in [6, 6.07) is 0.396. The van der Waals surface area contributed by atoms with Crippen LogP contribution in [-0.4, -0.2) is 47.5 Å². The van der Waals surface area contributed by atoms with Crippen LogP contribution in [0.15, 0.2) is 0 Å². The molecule has 0 saturated carbocycles. The number of carbonyl (C=O) groups excluding carboxylic acids is 1. The highest BCUT2D eigenvalue weighted by molar-refractivity contribution is 8.00. The van der Waals surface area contributed by atoms with Crippen LogP contribution < -0.4 is 5.32 Å². The average Bonchev–Trinajstić information content (AvgIpc) is 2.33. The molecular weight excluding hydrogens is 220 g/mol. The first-order valence-electron chi connectivity index (χ1n) is 6.33. The number of carbonyl (C=O) groups is 1. The highest BCUT2D eigenvalue weighted by Crippen LogP contribution is 2.26. The Morgan fingerprint density at radius 2 is 2.25 bits per heavy atom. The molecule has 3 atom stereocenters. The number of nitrogens with zero attached hydrogens (tertiary/aromatic N) is 1. The smallest absolute Gasteiger partial charge is 0.227 e. The molecule has 0 aromatic heterocycles. The second-order valence-corrected chi connectivity index (χ2v) is 6.38. The molecule has 16 heavy (non-hydrogen) atoms. The van der Waals surface area contributed by atoms with Gasteiger partial charge in [-0.2, -0.15) is 11.8 Å². The Morgan fingerprint density at radius 1 is 1.44 bits per heavy atom. The Kier molecular flexibility index (Phi) is 4.14. The van der Waals surface area contributed by atoms with E-state index in [1.807, 2.05) is 11.8 Å². The van der Waals surface area contributed by atoms with Crippen molar-refractivity contribution in [3.63, 3.8) is 0 Å². The molecule has 2 fully saturated rings. The lowest BCUT2D eigenvalue weighted by molar-refractivity contribution is -0.138. The average molecular weight is 242 g/mol. The van der Waals surface area contributed by atoms with E-state index in [4.69, 9.17) is 0 Å². The summed E-state index contributed by atoms with van der Waals surface area (Å²) in [6.07, 6.45) is 2.21. The van der Waals surface area contributed by atoms with Crippen LogP contribution in [0.1, 0.15) is 26.7 Å². The van der Waals surface area contributed by atoms with Gasteiger partial charge < -0.3 is 10.2 Å². The monoisotopic (exact) mass is 242 g/mol. The second-order valence-electron chi connectivity index (χ2n) is 4.89. The molecule has 0 radical (unpaired) electrons. The number of piperidine rings is 1. The summed E-state index contributed by atoms with van der Waals surface area (Å²) >= 11 is 1.98. The van der Waals surface area contributed by atoms with Crippen molar-refractivity contribution in [2.24, 2.45) is 5.92 Å². The lowest BCUT2D eigenvalue weighted by Crippen LogP contribution is -2.52. The molecule has 3 unspecified atom stereocenters. The Morgan fingerprint density at radius 3 is 2.94 bits per heavy atom. The largest absolute Gasteiger partial charge is 0.338 e. The van der Waals surface area contributed by atoms with E-state index < -0.39 is 0 Å². The van der Waals surface area contributed by atoms with Crippen LogP contribution in [-0.2, 0) is 4.79 Å². The maximum absolute atomic E-state index is 12.4. The van der Waals surface area contributed by atoms with Crippen molar-refractivity contribution in [3.05, 3.63) is 0 Å². The minimum absolute atomic E-state index is 0.228. The van der Waals surface area contributed by atoms with Crippen LogP contribution in [0.2, 0.25) is 0 Å². The van der Waals surface area contributed by atoms with Gasteiger partial charge in [-0.15, -0.1) is 0 Å². The standard InChI is InChI=1S/C12H22N2OS/c1-9-10(2)16-7-6-14(9)12(15)11-4-3-5-13-8-11/h9-11,13H,3-8H2,1-2H3. The fraction of sp³-hybridized carbons (Fsp3) is 0.917. The highest BCUT2D eigenvalue weighted by atomic mass is 32.2. The first kappa shape index (κ1) is 12.2. The molecule has 0 bridgehead atoms. The number of thioether (sulfide) groups is 1. The summed E-state index contributed by atoms with van der Waals surface area (Å²) in [5, 5.41) is 3.91. The first-order chi connectivity index (χ1) is 7.70. The zero-order valence-electron chi connectivity index (χ0n) is 10.2. The molecule has 1 N–H and O–H groups in total. The third kappa shape index (κ3) is 2.54. The number of amides is 1. The normalized spacial score (nSPS) is 36.1. The van der Waals surface area contributed by atoms with Crippen LogP contribution in [0.5, 0.6) is 0 Å². The van der Waals surface area contributed by atoms with Gasteiger partial charge in [0, 0.05) is 30.1 Å². The quantitative estimate of drug-likeness (QED) is 0.753. The van der Waals surface area contributed by atoms with Crippen LogP contribution >= 0.6 is 11.8 Å². The first-order valence-corrected chi connectivity index (χ1v) is 7.38. The summed E-state index contributed by atoms with van der Waals surface area (Å²) in [5.74, 6) is 1.70. The topological polar surface area (TPSA) is 32.3 Å². The van der Waals surface area contributed by atoms with Gasteiger partial charge >= 0.3 is 0 Å². The van der Waals surface area contributed by atoms with E-state index in [9.17, 15) is 4.79 Å². The maximum atomic E-state index is 12.4. The van der Waals surface area contributed by atoms with Crippen LogP contribution in [0.3, 0.4) is 0 Å². The molecule has 0 aliphatic carbocycles. The summed E-state index contributed by atoms with van der Waals surface area (Å²) in [4.78, 5) is 14.5. The molecule has 2 aliphatic heterocycles. The maximum Gasteiger partial charge on any atom is 0.227 e. The lowest BCUT2D eigenvalue weighted by atomic mass is 9.97. The Balaban J connectivity index is 1.96. The van der Waals surface area contributed by atoms with Crippen LogP contribution in [0.25, 0.3) is 0 Å². The molecule has 92 valence electrons. The van der Waals surface area contributed by atoms with E-state index in [0.29, 0.717) is 17.2 Å². The molecule has 1 amide bonds. The van der Waals surface area contributed by atoms with Crippen LogP contribution in [0, 0.1) is 5.92 Å². The van der Waals surface area contributed by atoms with Gasteiger partial charge in [0.2, 0.25) is 5.91 Å². The van der Waals surface area contributed by atoms with Crippen molar-refractivity contribution in [2.45, 2.75) is 38.0 Å². The molecule has 2 aliphatic rings. The van der Waals surface area contributed by atoms with Crippen molar-refractivity contribution < 1.29 is 4.79 Å². The summed E-state index contributed by atoms with van der Waals surface area (Å²) in [7, 11) is 0. The second kappa shape index (κ2) is 5.41.